The summed E-state index contributed by atoms with van der Waals surface area (Å²) in [6.45, 7) is 2.01. The number of carboxylic acid groups (broad SMARTS) is 1. The van der Waals surface area contributed by atoms with Crippen molar-refractivity contribution >= 4 is 29.5 Å². The van der Waals surface area contributed by atoms with Crippen LogP contribution >= 0.6 is 0 Å². The van der Waals surface area contributed by atoms with Gasteiger partial charge in [-0.3, -0.25) is 5.32 Å². The van der Waals surface area contributed by atoms with Crippen LogP contribution in [0.15, 0.2) is 48.0 Å². The van der Waals surface area contributed by atoms with Crippen molar-refractivity contribution in [3.8, 4) is 17.2 Å². The summed E-state index contributed by atoms with van der Waals surface area (Å²) in [6.07, 6.45) is 0.665. The second-order valence-electron chi connectivity index (χ2n) is 5.58. The molecule has 0 spiro atoms. The van der Waals surface area contributed by atoms with Gasteiger partial charge < -0.3 is 15.6 Å². The molecule has 0 aliphatic heterocycles. The van der Waals surface area contributed by atoms with Crippen LogP contribution in [-0.2, 0) is 9.53 Å². The Balaban J connectivity index is 2.30. The van der Waals surface area contributed by atoms with Crippen molar-refractivity contribution in [2.75, 3.05) is 17.7 Å². The van der Waals surface area contributed by atoms with Crippen molar-refractivity contribution in [1.82, 2.24) is 0 Å². The third kappa shape index (κ3) is 5.34. The van der Waals surface area contributed by atoms with E-state index in [0.717, 1.165) is 11.1 Å². The molecule has 0 fully saturated rings. The van der Waals surface area contributed by atoms with Gasteiger partial charge in [-0.05, 0) is 54.0 Å². The molecule has 0 aliphatic rings. The molecule has 2 rings (SSSR count). The molecule has 0 aliphatic carbocycles. The number of carbonyl (C=O) groups is 2. The molecule has 0 atom stereocenters. The van der Waals surface area contributed by atoms with Crippen molar-refractivity contribution < 1.29 is 19.4 Å². The summed E-state index contributed by atoms with van der Waals surface area (Å²) in [6, 6.07) is 14.2. The summed E-state index contributed by atoms with van der Waals surface area (Å²) < 4.78 is 4.82. The Labute approximate surface area is 156 Å². The lowest BCUT2D eigenvalue weighted by Gasteiger charge is -2.09. The van der Waals surface area contributed by atoms with Gasteiger partial charge in [-0.2, -0.15) is 5.26 Å². The number of hydrogen-bond acceptors (Lipinski definition) is 5. The van der Waals surface area contributed by atoms with Crippen LogP contribution in [-0.4, -0.2) is 23.8 Å². The Morgan fingerprint density at radius 3 is 2.48 bits per heavy atom. The maximum atomic E-state index is 11.4. The van der Waals surface area contributed by atoms with Crippen LogP contribution in [0.5, 0.6) is 0 Å². The standard InChI is InChI=1S/C20H19N3O4/c1-2-27-20(26)23-17-6-3-13(4-7-17)14-5-8-18(22)16(11-14)12-15(9-10-21)19(24)25/h3-8,11-12H,2,9,22H2,1H3,(H,23,26)(H,24,25). The minimum atomic E-state index is -1.16. The molecular formula is C20H19N3O4. The van der Waals surface area contributed by atoms with Crippen LogP contribution in [0.4, 0.5) is 16.2 Å². The van der Waals surface area contributed by atoms with Gasteiger partial charge in [0.15, 0.2) is 0 Å². The Bertz CT molecular complexity index is 912. The van der Waals surface area contributed by atoms with E-state index in [-0.39, 0.29) is 18.6 Å². The topological polar surface area (TPSA) is 125 Å². The number of nitrogen functional groups attached to an aromatic ring is 1. The highest BCUT2D eigenvalue weighted by Gasteiger charge is 2.09. The molecule has 0 bridgehead atoms. The average Bonchev–Trinajstić information content (AvgIpc) is 2.63. The summed E-state index contributed by atoms with van der Waals surface area (Å²) in [5.41, 5.74) is 9.11. The number of hydrogen-bond donors (Lipinski definition) is 3. The molecule has 138 valence electrons. The summed E-state index contributed by atoms with van der Waals surface area (Å²) in [7, 11) is 0. The fourth-order valence-corrected chi connectivity index (χ4v) is 2.37. The van der Waals surface area contributed by atoms with E-state index in [4.69, 9.17) is 15.7 Å². The largest absolute Gasteiger partial charge is 0.478 e. The number of anilines is 2. The molecule has 7 heteroatoms. The first-order chi connectivity index (χ1) is 12.9. The van der Waals surface area contributed by atoms with Gasteiger partial charge in [0, 0.05) is 11.4 Å². The monoisotopic (exact) mass is 365 g/mol. The van der Waals surface area contributed by atoms with Gasteiger partial charge in [-0.15, -0.1) is 0 Å². The highest BCUT2D eigenvalue weighted by Crippen LogP contribution is 2.27. The third-order valence-corrected chi connectivity index (χ3v) is 3.70. The number of nitrogens with zero attached hydrogens (tertiary/aromatic N) is 1. The molecule has 0 aromatic heterocycles. The summed E-state index contributed by atoms with van der Waals surface area (Å²) in [5, 5.41) is 20.6. The highest BCUT2D eigenvalue weighted by atomic mass is 16.5. The van der Waals surface area contributed by atoms with E-state index >= 15 is 0 Å². The number of rotatable bonds is 6. The lowest BCUT2D eigenvalue weighted by Crippen LogP contribution is -2.13. The van der Waals surface area contributed by atoms with Crippen LogP contribution in [0, 0.1) is 11.3 Å². The fraction of sp³-hybridized carbons (Fsp3) is 0.150. The van der Waals surface area contributed by atoms with E-state index in [9.17, 15) is 14.7 Å². The number of aliphatic carboxylic acids is 1. The minimum absolute atomic E-state index is 0.0321. The second kappa shape index (κ2) is 9.06. The maximum Gasteiger partial charge on any atom is 0.411 e. The van der Waals surface area contributed by atoms with E-state index in [2.05, 4.69) is 5.32 Å². The van der Waals surface area contributed by atoms with Gasteiger partial charge in [0.05, 0.1) is 24.7 Å². The Morgan fingerprint density at radius 1 is 1.22 bits per heavy atom. The Morgan fingerprint density at radius 2 is 1.89 bits per heavy atom. The number of amides is 1. The normalized spacial score (nSPS) is 10.7. The molecule has 0 saturated heterocycles. The third-order valence-electron chi connectivity index (χ3n) is 3.70. The van der Waals surface area contributed by atoms with Gasteiger partial charge in [0.2, 0.25) is 0 Å². The van der Waals surface area contributed by atoms with Crippen molar-refractivity contribution in [1.29, 1.82) is 5.26 Å². The second-order valence-corrected chi connectivity index (χ2v) is 5.58. The minimum Gasteiger partial charge on any atom is -0.478 e. The molecule has 4 N–H and O–H groups in total. The van der Waals surface area contributed by atoms with Crippen molar-refractivity contribution in [2.45, 2.75) is 13.3 Å². The fourth-order valence-electron chi connectivity index (χ4n) is 2.37. The summed E-state index contributed by atoms with van der Waals surface area (Å²) >= 11 is 0. The predicted molar refractivity (Wildman–Crippen MR) is 103 cm³/mol. The molecule has 2 aromatic rings. The smallest absolute Gasteiger partial charge is 0.411 e. The SMILES string of the molecule is CCOC(=O)Nc1ccc(-c2ccc(N)c(C=C(CC#N)C(=O)O)c2)cc1. The van der Waals surface area contributed by atoms with Crippen LogP contribution in [0.3, 0.4) is 0 Å². The quantitative estimate of drug-likeness (QED) is 0.527. The molecule has 27 heavy (non-hydrogen) atoms. The first-order valence-electron chi connectivity index (χ1n) is 8.19. The first kappa shape index (κ1) is 19.5. The van der Waals surface area contributed by atoms with Gasteiger partial charge in [-0.25, -0.2) is 9.59 Å². The van der Waals surface area contributed by atoms with Crippen LogP contribution in [0.25, 0.3) is 17.2 Å². The van der Waals surface area contributed by atoms with E-state index in [1.807, 2.05) is 24.3 Å². The number of nitrogens with one attached hydrogen (secondary N) is 1. The predicted octanol–water partition coefficient (Wildman–Crippen LogP) is 3.89. The van der Waals surface area contributed by atoms with Crippen LogP contribution < -0.4 is 11.1 Å². The zero-order valence-electron chi connectivity index (χ0n) is 14.7. The molecule has 7 nitrogen and oxygen atoms in total. The van der Waals surface area contributed by atoms with Gasteiger partial charge in [0.1, 0.15) is 0 Å². The number of carboxylic acids is 1. The number of nitriles is 1. The molecule has 0 unspecified atom stereocenters. The first-order valence-corrected chi connectivity index (χ1v) is 8.19. The van der Waals surface area contributed by atoms with Crippen molar-refractivity contribution in [3.05, 3.63) is 53.6 Å². The molecule has 0 radical (unpaired) electrons. The number of nitrogens with two attached hydrogens (primary N) is 1. The van der Waals surface area contributed by atoms with Crippen LogP contribution in [0.2, 0.25) is 0 Å². The summed E-state index contributed by atoms with van der Waals surface area (Å²) in [4.78, 5) is 22.7. The van der Waals surface area contributed by atoms with E-state index in [1.165, 1.54) is 6.08 Å². The summed E-state index contributed by atoms with van der Waals surface area (Å²) in [5.74, 6) is -1.16. The maximum absolute atomic E-state index is 11.4. The lowest BCUT2D eigenvalue weighted by molar-refractivity contribution is -0.132. The van der Waals surface area contributed by atoms with E-state index in [1.54, 1.807) is 31.2 Å². The van der Waals surface area contributed by atoms with E-state index in [0.29, 0.717) is 16.9 Å². The van der Waals surface area contributed by atoms with Crippen molar-refractivity contribution in [3.63, 3.8) is 0 Å². The molecule has 0 heterocycles. The van der Waals surface area contributed by atoms with Gasteiger partial charge in [0.25, 0.3) is 0 Å². The molecule has 0 saturated carbocycles. The average molecular weight is 365 g/mol. The Kier molecular flexibility index (Phi) is 6.55. The number of carbonyl (C=O) groups excluding carboxylic acids is 1. The lowest BCUT2D eigenvalue weighted by atomic mass is 9.99. The van der Waals surface area contributed by atoms with Gasteiger partial charge >= 0.3 is 12.1 Å². The molecule has 2 aromatic carbocycles. The van der Waals surface area contributed by atoms with E-state index < -0.39 is 12.1 Å². The number of ether oxygens (including phenoxy) is 1. The Hall–Kier alpha value is -3.79. The molecule has 1 amide bonds. The van der Waals surface area contributed by atoms with Gasteiger partial charge in [-0.1, -0.05) is 18.2 Å². The molecular weight excluding hydrogens is 346 g/mol. The number of benzene rings is 2. The van der Waals surface area contributed by atoms with Crippen LogP contribution in [0.1, 0.15) is 18.9 Å². The highest BCUT2D eigenvalue weighted by molar-refractivity contribution is 5.94. The zero-order valence-corrected chi connectivity index (χ0v) is 14.7. The zero-order chi connectivity index (χ0) is 19.8. The van der Waals surface area contributed by atoms with Crippen molar-refractivity contribution in [2.24, 2.45) is 0 Å².